The number of hydrogen-bond acceptors (Lipinski definition) is 2. The van der Waals surface area contributed by atoms with E-state index in [-0.39, 0.29) is 0 Å². The van der Waals surface area contributed by atoms with Crippen molar-refractivity contribution >= 4 is 0 Å². The van der Waals surface area contributed by atoms with Crippen molar-refractivity contribution in [3.8, 4) is 6.07 Å². The van der Waals surface area contributed by atoms with Gasteiger partial charge in [-0.25, -0.2) is 0 Å². The van der Waals surface area contributed by atoms with Gasteiger partial charge in [0.15, 0.2) is 0 Å². The highest BCUT2D eigenvalue weighted by Gasteiger charge is 2.59. The standard InChI is InChI=1S/C29H45N3/c1-19-6-8-26-23-11-13-29(5)25(21(3)17-32-18-22(15-30)16-31-32)9-7-20(2)27(29)24(23)10-12-28(26,4)14-19/h16,18-21,23-27H,6-14,17H2,1-5H3/t19-,20+,21+,23?,24+,25+,26+,27?,28+,29+/m0/s1. The van der Waals surface area contributed by atoms with Gasteiger partial charge >= 0.3 is 0 Å². The number of nitriles is 1. The number of rotatable bonds is 3. The molecule has 1 aromatic heterocycles. The van der Waals surface area contributed by atoms with Crippen LogP contribution in [0.15, 0.2) is 12.4 Å². The average molecular weight is 436 g/mol. The van der Waals surface area contributed by atoms with Crippen molar-refractivity contribution in [1.82, 2.24) is 9.78 Å². The topological polar surface area (TPSA) is 41.6 Å². The second-order valence-electron chi connectivity index (χ2n) is 13.3. The first-order valence-electron chi connectivity index (χ1n) is 13.7. The molecule has 4 aliphatic rings. The molecule has 0 N–H and O–H groups in total. The summed E-state index contributed by atoms with van der Waals surface area (Å²) in [6.45, 7) is 13.9. The largest absolute Gasteiger partial charge is 0.271 e. The second kappa shape index (κ2) is 8.18. The second-order valence-corrected chi connectivity index (χ2v) is 13.3. The summed E-state index contributed by atoms with van der Waals surface area (Å²) in [6, 6.07) is 2.23. The van der Waals surface area contributed by atoms with Gasteiger partial charge in [0.25, 0.3) is 0 Å². The summed E-state index contributed by atoms with van der Waals surface area (Å²) < 4.78 is 2.03. The van der Waals surface area contributed by atoms with Gasteiger partial charge in [-0.15, -0.1) is 0 Å². The molecule has 3 heteroatoms. The molecule has 2 unspecified atom stereocenters. The Hall–Kier alpha value is -1.30. The fourth-order valence-electron chi connectivity index (χ4n) is 10.2. The van der Waals surface area contributed by atoms with E-state index in [1.54, 1.807) is 6.20 Å². The van der Waals surface area contributed by atoms with Crippen molar-refractivity contribution in [2.45, 2.75) is 99.0 Å². The third-order valence-electron chi connectivity index (χ3n) is 11.4. The highest BCUT2D eigenvalue weighted by Crippen LogP contribution is 2.67. The van der Waals surface area contributed by atoms with Crippen LogP contribution in [0, 0.1) is 69.5 Å². The van der Waals surface area contributed by atoms with E-state index in [0.717, 1.165) is 48.0 Å². The maximum atomic E-state index is 9.18. The van der Waals surface area contributed by atoms with E-state index >= 15 is 0 Å². The van der Waals surface area contributed by atoms with Crippen molar-refractivity contribution in [2.24, 2.45) is 58.2 Å². The lowest BCUT2D eigenvalue weighted by atomic mass is 9.40. The van der Waals surface area contributed by atoms with E-state index in [4.69, 9.17) is 0 Å². The van der Waals surface area contributed by atoms with E-state index in [1.807, 2.05) is 10.9 Å². The lowest BCUT2D eigenvalue weighted by Gasteiger charge is -2.65. The van der Waals surface area contributed by atoms with Crippen LogP contribution in [0.3, 0.4) is 0 Å². The molecule has 0 spiro atoms. The van der Waals surface area contributed by atoms with Crippen LogP contribution in [0.2, 0.25) is 0 Å². The summed E-state index contributed by atoms with van der Waals surface area (Å²) >= 11 is 0. The Labute approximate surface area is 196 Å². The summed E-state index contributed by atoms with van der Waals surface area (Å²) in [5.41, 5.74) is 1.78. The van der Waals surface area contributed by atoms with E-state index in [2.05, 4.69) is 45.8 Å². The molecule has 0 bridgehead atoms. The Morgan fingerprint density at radius 1 is 1.09 bits per heavy atom. The van der Waals surface area contributed by atoms with Crippen molar-refractivity contribution in [1.29, 1.82) is 5.26 Å². The average Bonchev–Trinajstić information content (AvgIpc) is 3.20. The van der Waals surface area contributed by atoms with Gasteiger partial charge in [0.1, 0.15) is 6.07 Å². The Morgan fingerprint density at radius 2 is 1.88 bits per heavy atom. The van der Waals surface area contributed by atoms with Crippen LogP contribution in [0.25, 0.3) is 0 Å². The zero-order valence-electron chi connectivity index (χ0n) is 21.2. The number of hydrogen-bond donors (Lipinski definition) is 0. The first-order valence-corrected chi connectivity index (χ1v) is 13.7. The Kier molecular flexibility index (Phi) is 5.75. The third kappa shape index (κ3) is 3.56. The molecule has 0 saturated heterocycles. The van der Waals surface area contributed by atoms with Crippen molar-refractivity contribution < 1.29 is 0 Å². The van der Waals surface area contributed by atoms with Crippen molar-refractivity contribution in [2.75, 3.05) is 0 Å². The minimum Gasteiger partial charge on any atom is -0.271 e. The molecule has 3 nitrogen and oxygen atoms in total. The van der Waals surface area contributed by atoms with Gasteiger partial charge < -0.3 is 0 Å². The van der Waals surface area contributed by atoms with Crippen LogP contribution in [-0.2, 0) is 6.54 Å². The molecule has 0 aromatic carbocycles. The number of fused-ring (bicyclic) bond motifs is 5. The number of aromatic nitrogens is 2. The minimum atomic E-state index is 0.471. The van der Waals surface area contributed by atoms with Crippen molar-refractivity contribution in [3.63, 3.8) is 0 Å². The van der Waals surface area contributed by atoms with Gasteiger partial charge in [-0.1, -0.05) is 47.5 Å². The summed E-state index contributed by atoms with van der Waals surface area (Å²) in [5, 5.41) is 13.7. The SMILES string of the molecule is C[C@H]1CC[C@@H]2C3CC[C@@]4(C)C([C@@H]3CC[C@]2(C)C1)[C@H](C)CC[C@@H]4[C@H](C)Cn1cc(C#N)cn1. The molecule has 5 rings (SSSR count). The van der Waals surface area contributed by atoms with Gasteiger partial charge in [0.05, 0.1) is 11.8 Å². The molecule has 0 aliphatic heterocycles. The molecule has 32 heavy (non-hydrogen) atoms. The minimum absolute atomic E-state index is 0.471. The van der Waals surface area contributed by atoms with E-state index < -0.39 is 0 Å². The fraction of sp³-hybridized carbons (Fsp3) is 0.862. The molecule has 0 radical (unpaired) electrons. The summed E-state index contributed by atoms with van der Waals surface area (Å²) in [6.07, 6.45) is 16.7. The maximum absolute atomic E-state index is 9.18. The summed E-state index contributed by atoms with van der Waals surface area (Å²) in [7, 11) is 0. The Balaban J connectivity index is 1.38. The predicted molar refractivity (Wildman–Crippen MR) is 130 cm³/mol. The van der Waals surface area contributed by atoms with Gasteiger partial charge in [-0.3, -0.25) is 4.68 Å². The molecule has 10 atom stereocenters. The third-order valence-corrected chi connectivity index (χ3v) is 11.4. The molecule has 1 heterocycles. The van der Waals surface area contributed by atoms with Crippen LogP contribution in [-0.4, -0.2) is 9.78 Å². The van der Waals surface area contributed by atoms with Crippen LogP contribution in [0.5, 0.6) is 0 Å². The van der Waals surface area contributed by atoms with Crippen molar-refractivity contribution in [3.05, 3.63) is 18.0 Å². The van der Waals surface area contributed by atoms with E-state index in [1.165, 1.54) is 57.8 Å². The van der Waals surface area contributed by atoms with E-state index in [0.29, 0.717) is 22.3 Å². The van der Waals surface area contributed by atoms with Gasteiger partial charge in [0, 0.05) is 12.7 Å². The fourth-order valence-corrected chi connectivity index (χ4v) is 10.2. The quantitative estimate of drug-likeness (QED) is 0.499. The maximum Gasteiger partial charge on any atom is 0.102 e. The normalized spacial score (nSPS) is 46.9. The molecular formula is C29H45N3. The van der Waals surface area contributed by atoms with Crippen LogP contribution >= 0.6 is 0 Å². The number of nitrogens with zero attached hydrogens (tertiary/aromatic N) is 3. The molecule has 4 aliphatic carbocycles. The van der Waals surface area contributed by atoms with Gasteiger partial charge in [-0.2, -0.15) is 10.4 Å². The zero-order valence-corrected chi connectivity index (χ0v) is 21.2. The monoisotopic (exact) mass is 435 g/mol. The lowest BCUT2D eigenvalue weighted by Crippen LogP contribution is -2.57. The molecule has 4 saturated carbocycles. The van der Waals surface area contributed by atoms with Crippen LogP contribution in [0.1, 0.15) is 98.0 Å². The van der Waals surface area contributed by atoms with Gasteiger partial charge in [0.2, 0.25) is 0 Å². The molecular weight excluding hydrogens is 390 g/mol. The Morgan fingerprint density at radius 3 is 2.62 bits per heavy atom. The lowest BCUT2D eigenvalue weighted by molar-refractivity contribution is -0.158. The highest BCUT2D eigenvalue weighted by molar-refractivity contribution is 5.21. The first-order chi connectivity index (χ1) is 15.2. The zero-order chi connectivity index (χ0) is 22.7. The highest BCUT2D eigenvalue weighted by atomic mass is 15.3. The smallest absolute Gasteiger partial charge is 0.102 e. The summed E-state index contributed by atoms with van der Waals surface area (Å²) in [4.78, 5) is 0. The predicted octanol–water partition coefficient (Wildman–Crippen LogP) is 7.32. The molecule has 1 aromatic rings. The molecule has 176 valence electrons. The first kappa shape index (κ1) is 22.5. The van der Waals surface area contributed by atoms with Gasteiger partial charge in [-0.05, 0) is 103 Å². The van der Waals surface area contributed by atoms with Crippen LogP contribution in [0.4, 0.5) is 0 Å². The van der Waals surface area contributed by atoms with Crippen LogP contribution < -0.4 is 0 Å². The van der Waals surface area contributed by atoms with E-state index in [9.17, 15) is 5.26 Å². The molecule has 0 amide bonds. The molecule has 4 fully saturated rings. The Bertz CT molecular complexity index is 866. The summed E-state index contributed by atoms with van der Waals surface area (Å²) in [5.74, 6) is 7.03.